The molecule has 1 fully saturated rings. The van der Waals surface area contributed by atoms with Crippen LogP contribution >= 0.6 is 22.9 Å². The lowest BCUT2D eigenvalue weighted by atomic mass is 10.1. The number of nitrogens with zero attached hydrogens (tertiary/aromatic N) is 3. The van der Waals surface area contributed by atoms with Crippen molar-refractivity contribution in [1.29, 1.82) is 0 Å². The van der Waals surface area contributed by atoms with E-state index in [0.717, 1.165) is 60.7 Å². The Kier molecular flexibility index (Phi) is 6.95. The van der Waals surface area contributed by atoms with Crippen molar-refractivity contribution in [2.24, 2.45) is 5.92 Å². The van der Waals surface area contributed by atoms with E-state index in [-0.39, 0.29) is 11.8 Å². The summed E-state index contributed by atoms with van der Waals surface area (Å²) in [6.07, 6.45) is 4.24. The first-order chi connectivity index (χ1) is 13.1. The lowest BCUT2D eigenvalue weighted by Crippen LogP contribution is -2.41. The number of anilines is 1. The van der Waals surface area contributed by atoms with E-state index < -0.39 is 0 Å². The van der Waals surface area contributed by atoms with Crippen LogP contribution in [0.25, 0.3) is 10.2 Å². The molecule has 1 heterocycles. The molecule has 0 aliphatic heterocycles. The van der Waals surface area contributed by atoms with Gasteiger partial charge in [-0.3, -0.25) is 9.69 Å². The van der Waals surface area contributed by atoms with Crippen molar-refractivity contribution in [1.82, 2.24) is 9.88 Å². The number of ether oxygens (including phenoxy) is 1. The number of carbonyl (C=O) groups excluding carboxylic acids is 1. The van der Waals surface area contributed by atoms with Crippen LogP contribution in [0.15, 0.2) is 12.1 Å². The fraction of sp³-hybridized carbons (Fsp3) is 0.600. The maximum Gasteiger partial charge on any atom is 0.231 e. The van der Waals surface area contributed by atoms with Gasteiger partial charge in [0.25, 0.3) is 0 Å². The van der Waals surface area contributed by atoms with Crippen LogP contribution in [0.2, 0.25) is 5.02 Å². The van der Waals surface area contributed by atoms with Gasteiger partial charge in [0, 0.05) is 19.0 Å². The number of fused-ring (bicyclic) bond motifs is 1. The smallest absolute Gasteiger partial charge is 0.231 e. The molecule has 1 amide bonds. The van der Waals surface area contributed by atoms with Crippen LogP contribution < -0.4 is 9.64 Å². The third-order valence-corrected chi connectivity index (χ3v) is 6.94. The summed E-state index contributed by atoms with van der Waals surface area (Å²) in [5.74, 6) is 1.01. The first-order valence-corrected chi connectivity index (χ1v) is 10.9. The van der Waals surface area contributed by atoms with Gasteiger partial charge in [0.2, 0.25) is 5.91 Å². The largest absolute Gasteiger partial charge is 0.494 e. The fourth-order valence-corrected chi connectivity index (χ4v) is 4.98. The van der Waals surface area contributed by atoms with Crippen LogP contribution in [0.5, 0.6) is 5.75 Å². The standard InChI is InChI=1S/C20H28ClN3O2S/c1-4-23(5-2)12-13-24(19(25)14-8-6-7-9-14)20-22-17-16(26-3)11-10-15(21)18(17)27-20/h10-11,14H,4-9,12-13H2,1-3H3. The van der Waals surface area contributed by atoms with Gasteiger partial charge >= 0.3 is 0 Å². The maximum atomic E-state index is 13.3. The molecule has 3 rings (SSSR count). The summed E-state index contributed by atoms with van der Waals surface area (Å²) in [5.41, 5.74) is 0.733. The quantitative estimate of drug-likeness (QED) is 0.626. The molecule has 1 aromatic carbocycles. The number of hydrogen-bond donors (Lipinski definition) is 0. The van der Waals surface area contributed by atoms with Crippen molar-refractivity contribution in [3.05, 3.63) is 17.2 Å². The van der Waals surface area contributed by atoms with E-state index in [1.165, 1.54) is 11.3 Å². The third kappa shape index (κ3) is 4.39. The van der Waals surface area contributed by atoms with Gasteiger partial charge in [0.15, 0.2) is 5.13 Å². The normalized spacial score (nSPS) is 15.0. The summed E-state index contributed by atoms with van der Waals surface area (Å²) in [6, 6.07) is 3.65. The number of methoxy groups -OCH3 is 1. The third-order valence-electron chi connectivity index (χ3n) is 5.40. The van der Waals surface area contributed by atoms with Crippen LogP contribution in [0.3, 0.4) is 0 Å². The molecule has 1 saturated carbocycles. The zero-order valence-corrected chi connectivity index (χ0v) is 17.9. The summed E-state index contributed by atoms with van der Waals surface area (Å²) >= 11 is 7.87. The van der Waals surface area contributed by atoms with Gasteiger partial charge < -0.3 is 9.64 Å². The van der Waals surface area contributed by atoms with Crippen molar-refractivity contribution in [3.63, 3.8) is 0 Å². The van der Waals surface area contributed by atoms with E-state index >= 15 is 0 Å². The lowest BCUT2D eigenvalue weighted by Gasteiger charge is -2.26. The van der Waals surface area contributed by atoms with Crippen molar-refractivity contribution in [2.75, 3.05) is 38.2 Å². The van der Waals surface area contributed by atoms with Gasteiger partial charge in [-0.05, 0) is 38.1 Å². The Balaban J connectivity index is 1.94. The number of benzene rings is 1. The number of hydrogen-bond acceptors (Lipinski definition) is 5. The number of halogens is 1. The maximum absolute atomic E-state index is 13.3. The Morgan fingerprint density at radius 1 is 1.26 bits per heavy atom. The number of carbonyl (C=O) groups is 1. The molecule has 1 aliphatic carbocycles. The molecular weight excluding hydrogens is 382 g/mol. The predicted octanol–water partition coefficient (Wildman–Crippen LogP) is 4.82. The Morgan fingerprint density at radius 3 is 2.59 bits per heavy atom. The first-order valence-electron chi connectivity index (χ1n) is 9.75. The Hall–Kier alpha value is -1.37. The summed E-state index contributed by atoms with van der Waals surface area (Å²) in [4.78, 5) is 22.2. The van der Waals surface area contributed by atoms with Gasteiger partial charge in [-0.15, -0.1) is 0 Å². The van der Waals surface area contributed by atoms with Gasteiger partial charge in [0.05, 0.1) is 16.8 Å². The van der Waals surface area contributed by atoms with Gasteiger partial charge in [-0.2, -0.15) is 0 Å². The van der Waals surface area contributed by atoms with Gasteiger partial charge in [-0.25, -0.2) is 4.98 Å². The highest BCUT2D eigenvalue weighted by molar-refractivity contribution is 7.23. The molecule has 0 bridgehead atoms. The van der Waals surface area contributed by atoms with Crippen molar-refractivity contribution < 1.29 is 9.53 Å². The second-order valence-corrected chi connectivity index (χ2v) is 8.31. The fourth-order valence-electron chi connectivity index (χ4n) is 3.70. The minimum atomic E-state index is 0.117. The molecule has 0 N–H and O–H groups in total. The second-order valence-electron chi connectivity index (χ2n) is 6.92. The van der Waals surface area contributed by atoms with E-state index in [1.807, 2.05) is 17.0 Å². The highest BCUT2D eigenvalue weighted by Gasteiger charge is 2.30. The van der Waals surface area contributed by atoms with E-state index in [9.17, 15) is 4.79 Å². The average molecular weight is 410 g/mol. The van der Waals surface area contributed by atoms with Crippen LogP contribution in [-0.4, -0.2) is 49.1 Å². The molecule has 0 spiro atoms. The van der Waals surface area contributed by atoms with E-state index in [0.29, 0.717) is 17.3 Å². The van der Waals surface area contributed by atoms with Crippen molar-refractivity contribution in [3.8, 4) is 5.75 Å². The minimum Gasteiger partial charge on any atom is -0.494 e. The molecule has 0 saturated heterocycles. The number of thiazole rings is 1. The summed E-state index contributed by atoms with van der Waals surface area (Å²) in [5, 5.41) is 1.37. The van der Waals surface area contributed by atoms with Gasteiger partial charge in [0.1, 0.15) is 11.3 Å². The van der Waals surface area contributed by atoms with Crippen LogP contribution in [0.4, 0.5) is 5.13 Å². The molecule has 0 radical (unpaired) electrons. The molecule has 148 valence electrons. The molecule has 0 unspecified atom stereocenters. The Labute approximate surface area is 170 Å². The summed E-state index contributed by atoms with van der Waals surface area (Å²) in [6.45, 7) is 7.73. The topological polar surface area (TPSA) is 45.7 Å². The second kappa shape index (κ2) is 9.22. The number of aromatic nitrogens is 1. The predicted molar refractivity (Wildman–Crippen MR) is 113 cm³/mol. The zero-order chi connectivity index (χ0) is 19.4. The van der Waals surface area contributed by atoms with Crippen molar-refractivity contribution >= 4 is 44.2 Å². The van der Waals surface area contributed by atoms with Crippen LogP contribution in [-0.2, 0) is 4.79 Å². The molecule has 2 aromatic rings. The average Bonchev–Trinajstić information content (AvgIpc) is 3.36. The van der Waals surface area contributed by atoms with Crippen LogP contribution in [0, 0.1) is 5.92 Å². The highest BCUT2D eigenvalue weighted by Crippen LogP contribution is 2.39. The molecule has 1 aliphatic rings. The molecular formula is C20H28ClN3O2S. The molecule has 0 atom stereocenters. The number of rotatable bonds is 8. The van der Waals surface area contributed by atoms with E-state index in [1.54, 1.807) is 7.11 Å². The minimum absolute atomic E-state index is 0.117. The van der Waals surface area contributed by atoms with Crippen LogP contribution in [0.1, 0.15) is 39.5 Å². The highest BCUT2D eigenvalue weighted by atomic mass is 35.5. The number of likely N-dealkylation sites (N-methyl/N-ethyl adjacent to an activating group) is 1. The molecule has 1 aromatic heterocycles. The Morgan fingerprint density at radius 2 is 1.96 bits per heavy atom. The molecule has 5 nitrogen and oxygen atoms in total. The summed E-state index contributed by atoms with van der Waals surface area (Å²) in [7, 11) is 1.63. The lowest BCUT2D eigenvalue weighted by molar-refractivity contribution is -0.122. The van der Waals surface area contributed by atoms with Crippen molar-refractivity contribution in [2.45, 2.75) is 39.5 Å². The van der Waals surface area contributed by atoms with Gasteiger partial charge in [-0.1, -0.05) is 49.6 Å². The Bertz CT molecular complexity index is 785. The monoisotopic (exact) mass is 409 g/mol. The molecule has 7 heteroatoms. The van der Waals surface area contributed by atoms with E-state index in [2.05, 4.69) is 18.7 Å². The molecule has 27 heavy (non-hydrogen) atoms. The van der Waals surface area contributed by atoms with E-state index in [4.69, 9.17) is 21.3 Å². The SMILES string of the molecule is CCN(CC)CCN(C(=O)C1CCCC1)c1nc2c(OC)ccc(Cl)c2s1. The zero-order valence-electron chi connectivity index (χ0n) is 16.3. The summed E-state index contributed by atoms with van der Waals surface area (Å²) < 4.78 is 6.32. The number of amides is 1. The first kappa shape index (κ1) is 20.4.